The van der Waals surface area contributed by atoms with Crippen molar-refractivity contribution in [3.05, 3.63) is 64.7 Å². The SMILES string of the molecule is Cc1ccccc1NC(=O)OC(CCN(C)C)c1ccc(Cl)cc1. The summed E-state index contributed by atoms with van der Waals surface area (Å²) in [7, 11) is 3.98. The Morgan fingerprint density at radius 2 is 1.83 bits per heavy atom. The van der Waals surface area contributed by atoms with Gasteiger partial charge in [-0.05, 0) is 50.3 Å². The second-order valence-electron chi connectivity index (χ2n) is 5.98. The van der Waals surface area contributed by atoms with E-state index < -0.39 is 6.09 Å². The number of nitrogens with zero attached hydrogens (tertiary/aromatic N) is 1. The zero-order chi connectivity index (χ0) is 17.5. The lowest BCUT2D eigenvalue weighted by Crippen LogP contribution is -2.22. The van der Waals surface area contributed by atoms with E-state index >= 15 is 0 Å². The highest BCUT2D eigenvalue weighted by atomic mass is 35.5. The highest BCUT2D eigenvalue weighted by Gasteiger charge is 2.17. The molecule has 0 fully saturated rings. The summed E-state index contributed by atoms with van der Waals surface area (Å²) in [6.45, 7) is 2.75. The van der Waals surface area contributed by atoms with Crippen molar-refractivity contribution >= 4 is 23.4 Å². The minimum atomic E-state index is -0.456. The molecule has 0 spiro atoms. The zero-order valence-corrected chi connectivity index (χ0v) is 15.0. The Bertz CT molecular complexity index is 671. The van der Waals surface area contributed by atoms with Crippen molar-refractivity contribution in [1.29, 1.82) is 0 Å². The van der Waals surface area contributed by atoms with Crippen LogP contribution in [0.3, 0.4) is 0 Å². The number of hydrogen-bond acceptors (Lipinski definition) is 3. The Kier molecular flexibility index (Phi) is 6.64. The van der Waals surface area contributed by atoms with Crippen LogP contribution < -0.4 is 5.32 Å². The van der Waals surface area contributed by atoms with Crippen molar-refractivity contribution in [2.75, 3.05) is 26.0 Å². The van der Waals surface area contributed by atoms with Crippen molar-refractivity contribution in [2.24, 2.45) is 0 Å². The molecule has 0 aliphatic carbocycles. The number of nitrogens with one attached hydrogen (secondary N) is 1. The van der Waals surface area contributed by atoms with E-state index in [4.69, 9.17) is 16.3 Å². The van der Waals surface area contributed by atoms with Crippen molar-refractivity contribution in [2.45, 2.75) is 19.4 Å². The van der Waals surface area contributed by atoms with E-state index in [0.717, 1.165) is 23.4 Å². The summed E-state index contributed by atoms with van der Waals surface area (Å²) in [6.07, 6.45) is -0.0767. The number of anilines is 1. The van der Waals surface area contributed by atoms with Gasteiger partial charge in [-0.15, -0.1) is 0 Å². The molecule has 0 bridgehead atoms. The smallest absolute Gasteiger partial charge is 0.412 e. The summed E-state index contributed by atoms with van der Waals surface area (Å²) < 4.78 is 5.67. The normalized spacial score (nSPS) is 12.0. The van der Waals surface area contributed by atoms with Crippen molar-refractivity contribution in [1.82, 2.24) is 4.90 Å². The molecule has 1 unspecified atom stereocenters. The lowest BCUT2D eigenvalue weighted by atomic mass is 10.1. The number of carbonyl (C=O) groups excluding carboxylic acids is 1. The fraction of sp³-hybridized carbons (Fsp3) is 0.316. The van der Waals surface area contributed by atoms with E-state index in [0.29, 0.717) is 11.4 Å². The van der Waals surface area contributed by atoms with Crippen molar-refractivity contribution in [3.63, 3.8) is 0 Å². The molecule has 2 rings (SSSR count). The molecule has 2 aromatic carbocycles. The number of benzene rings is 2. The number of rotatable bonds is 6. The van der Waals surface area contributed by atoms with Crippen LogP contribution in [0.5, 0.6) is 0 Å². The molecular weight excluding hydrogens is 324 g/mol. The molecule has 0 heterocycles. The third-order valence-corrected chi connectivity index (χ3v) is 3.96. The number of carbonyl (C=O) groups is 1. The summed E-state index contributed by atoms with van der Waals surface area (Å²) >= 11 is 5.95. The number of halogens is 1. The molecule has 0 saturated heterocycles. The van der Waals surface area contributed by atoms with Gasteiger partial charge in [0, 0.05) is 23.7 Å². The first kappa shape index (κ1) is 18.3. The predicted molar refractivity (Wildman–Crippen MR) is 98.6 cm³/mol. The Labute approximate surface area is 148 Å². The third-order valence-electron chi connectivity index (χ3n) is 3.71. The topological polar surface area (TPSA) is 41.6 Å². The largest absolute Gasteiger partial charge is 0.441 e. The van der Waals surface area contributed by atoms with E-state index in [1.807, 2.05) is 69.6 Å². The first-order valence-corrected chi connectivity index (χ1v) is 8.27. The monoisotopic (exact) mass is 346 g/mol. The minimum absolute atomic E-state index is 0.325. The molecule has 0 aliphatic rings. The van der Waals surface area contributed by atoms with Gasteiger partial charge in [-0.25, -0.2) is 4.79 Å². The van der Waals surface area contributed by atoms with E-state index in [-0.39, 0.29) is 6.10 Å². The van der Waals surface area contributed by atoms with Gasteiger partial charge in [0.15, 0.2) is 0 Å². The molecule has 24 heavy (non-hydrogen) atoms. The molecule has 0 aliphatic heterocycles. The van der Waals surface area contributed by atoms with Crippen LogP contribution in [0.15, 0.2) is 48.5 Å². The summed E-state index contributed by atoms with van der Waals surface area (Å²) in [5.74, 6) is 0. The Hall–Kier alpha value is -2.04. The highest BCUT2D eigenvalue weighted by molar-refractivity contribution is 6.30. The lowest BCUT2D eigenvalue weighted by molar-refractivity contribution is 0.1000. The number of aryl methyl sites for hydroxylation is 1. The fourth-order valence-corrected chi connectivity index (χ4v) is 2.45. The molecule has 1 amide bonds. The molecule has 0 aromatic heterocycles. The van der Waals surface area contributed by atoms with Crippen LogP contribution in [0, 0.1) is 6.92 Å². The van der Waals surface area contributed by atoms with Gasteiger partial charge in [0.05, 0.1) is 0 Å². The second-order valence-corrected chi connectivity index (χ2v) is 6.41. The summed E-state index contributed by atoms with van der Waals surface area (Å²) in [5.41, 5.74) is 2.68. The molecule has 1 N–H and O–H groups in total. The number of amides is 1. The van der Waals surface area contributed by atoms with Crippen LogP contribution >= 0.6 is 11.6 Å². The van der Waals surface area contributed by atoms with Gasteiger partial charge >= 0.3 is 6.09 Å². The van der Waals surface area contributed by atoms with E-state index in [2.05, 4.69) is 10.2 Å². The molecule has 4 nitrogen and oxygen atoms in total. The third kappa shape index (κ3) is 5.55. The molecule has 5 heteroatoms. The molecule has 0 saturated carbocycles. The van der Waals surface area contributed by atoms with Crippen LogP contribution in [0.1, 0.15) is 23.7 Å². The van der Waals surface area contributed by atoms with Crippen molar-refractivity contribution < 1.29 is 9.53 Å². The predicted octanol–water partition coefficient (Wildman–Crippen LogP) is 4.89. The quantitative estimate of drug-likeness (QED) is 0.809. The van der Waals surface area contributed by atoms with Crippen LogP contribution in [0.4, 0.5) is 10.5 Å². The summed E-state index contributed by atoms with van der Waals surface area (Å²) in [5, 5.41) is 3.47. The standard InChI is InChI=1S/C19H23ClN2O2/c1-14-6-4-5-7-17(14)21-19(23)24-18(12-13-22(2)3)15-8-10-16(20)11-9-15/h4-11,18H,12-13H2,1-3H3,(H,21,23). The minimum Gasteiger partial charge on any atom is -0.441 e. The summed E-state index contributed by atoms with van der Waals surface area (Å²) in [4.78, 5) is 14.3. The van der Waals surface area contributed by atoms with Gasteiger partial charge in [-0.1, -0.05) is 41.9 Å². The molecule has 2 aromatic rings. The van der Waals surface area contributed by atoms with Crippen LogP contribution in [0.2, 0.25) is 5.02 Å². The second kappa shape index (κ2) is 8.71. The average Bonchev–Trinajstić information content (AvgIpc) is 2.54. The molecular formula is C19H23ClN2O2. The van der Waals surface area contributed by atoms with Crippen molar-refractivity contribution in [3.8, 4) is 0 Å². The molecule has 1 atom stereocenters. The average molecular weight is 347 g/mol. The van der Waals surface area contributed by atoms with Gasteiger partial charge in [0.2, 0.25) is 0 Å². The maximum absolute atomic E-state index is 12.3. The lowest BCUT2D eigenvalue weighted by Gasteiger charge is -2.21. The Morgan fingerprint density at radius 3 is 2.46 bits per heavy atom. The van der Waals surface area contributed by atoms with E-state index in [1.54, 1.807) is 0 Å². The van der Waals surface area contributed by atoms with Gasteiger partial charge in [-0.2, -0.15) is 0 Å². The van der Waals surface area contributed by atoms with Crippen LogP contribution in [-0.4, -0.2) is 31.6 Å². The molecule has 0 radical (unpaired) electrons. The zero-order valence-electron chi connectivity index (χ0n) is 14.3. The summed E-state index contributed by atoms with van der Waals surface area (Å²) in [6, 6.07) is 15.0. The van der Waals surface area contributed by atoms with E-state index in [1.165, 1.54) is 0 Å². The molecule has 128 valence electrons. The van der Waals surface area contributed by atoms with E-state index in [9.17, 15) is 4.79 Å². The van der Waals surface area contributed by atoms with Gasteiger partial charge in [0.1, 0.15) is 6.10 Å². The first-order chi connectivity index (χ1) is 11.5. The van der Waals surface area contributed by atoms with Gasteiger partial charge < -0.3 is 9.64 Å². The van der Waals surface area contributed by atoms with Crippen LogP contribution in [-0.2, 0) is 4.74 Å². The highest BCUT2D eigenvalue weighted by Crippen LogP contribution is 2.24. The maximum Gasteiger partial charge on any atom is 0.412 e. The number of hydrogen-bond donors (Lipinski definition) is 1. The van der Waals surface area contributed by atoms with Crippen LogP contribution in [0.25, 0.3) is 0 Å². The Morgan fingerprint density at radius 1 is 1.17 bits per heavy atom. The number of para-hydroxylation sites is 1. The first-order valence-electron chi connectivity index (χ1n) is 7.89. The van der Waals surface area contributed by atoms with Gasteiger partial charge in [-0.3, -0.25) is 5.32 Å². The fourth-order valence-electron chi connectivity index (χ4n) is 2.33. The Balaban J connectivity index is 2.07. The number of ether oxygens (including phenoxy) is 1. The van der Waals surface area contributed by atoms with Gasteiger partial charge in [0.25, 0.3) is 0 Å². The maximum atomic E-state index is 12.3.